The van der Waals surface area contributed by atoms with E-state index in [4.69, 9.17) is 20.9 Å². The smallest absolute Gasteiger partial charge is 0.211 e. The number of guanidine groups is 1. The number of fused-ring (bicyclic) bond motifs is 1. The number of hydrogen-bond donors (Lipinski definition) is 3. The first-order chi connectivity index (χ1) is 9.89. The van der Waals surface area contributed by atoms with Crippen molar-refractivity contribution in [2.24, 2.45) is 33.0 Å². The molecule has 1 spiro atoms. The van der Waals surface area contributed by atoms with Crippen LogP contribution < -0.4 is 11.5 Å². The third kappa shape index (κ3) is 2.33. The van der Waals surface area contributed by atoms with Gasteiger partial charge in [0, 0.05) is 30.4 Å². The zero-order valence-electron chi connectivity index (χ0n) is 12.4. The first-order valence-electron chi connectivity index (χ1n) is 7.52. The van der Waals surface area contributed by atoms with Crippen LogP contribution in [0.25, 0.3) is 0 Å². The van der Waals surface area contributed by atoms with Crippen molar-refractivity contribution in [2.75, 3.05) is 13.2 Å². The zero-order valence-corrected chi connectivity index (χ0v) is 12.4. The van der Waals surface area contributed by atoms with Gasteiger partial charge in [-0.2, -0.15) is 5.10 Å². The Balaban J connectivity index is 1.79. The summed E-state index contributed by atoms with van der Waals surface area (Å²) in [5.74, 6) is -0.482. The summed E-state index contributed by atoms with van der Waals surface area (Å²) < 4.78 is 11.6. The van der Waals surface area contributed by atoms with E-state index in [1.54, 1.807) is 6.21 Å². The van der Waals surface area contributed by atoms with Gasteiger partial charge in [-0.05, 0) is 19.3 Å². The maximum Gasteiger partial charge on any atom is 0.211 e. The molecule has 3 atom stereocenters. The highest BCUT2D eigenvalue weighted by Gasteiger charge is 2.63. The normalized spacial score (nSPS) is 41.5. The number of aliphatic hydroxyl groups is 1. The predicted octanol–water partition coefficient (Wildman–Crippen LogP) is 0.320. The van der Waals surface area contributed by atoms with Gasteiger partial charge in [0.15, 0.2) is 5.79 Å². The fraction of sp³-hybridized carbons (Fsp3) is 0.857. The Morgan fingerprint density at radius 1 is 1.24 bits per heavy atom. The second-order valence-corrected chi connectivity index (χ2v) is 6.67. The largest absolute Gasteiger partial charge is 0.389 e. The topological polar surface area (TPSA) is 115 Å². The highest BCUT2D eigenvalue weighted by atomic mass is 16.7. The van der Waals surface area contributed by atoms with Crippen molar-refractivity contribution in [1.29, 1.82) is 0 Å². The SMILES string of the molecule is C[C@]12CCC3(C[C@@]1(O)CCC2/C=N/N=C(N)N)OCCO3. The van der Waals surface area contributed by atoms with Crippen LogP contribution in [0.3, 0.4) is 0 Å². The van der Waals surface area contributed by atoms with Gasteiger partial charge in [-0.3, -0.25) is 0 Å². The second kappa shape index (κ2) is 4.93. The molecule has 21 heavy (non-hydrogen) atoms. The lowest BCUT2D eigenvalue weighted by molar-refractivity contribution is -0.246. The Hall–Kier alpha value is -1.18. The van der Waals surface area contributed by atoms with E-state index in [0.717, 1.165) is 25.7 Å². The van der Waals surface area contributed by atoms with Crippen LogP contribution in [0.5, 0.6) is 0 Å². The minimum atomic E-state index is -0.787. The van der Waals surface area contributed by atoms with Gasteiger partial charge in [0.1, 0.15) is 0 Å². The molecule has 1 saturated heterocycles. The Bertz CT molecular complexity index is 471. The molecular formula is C14H24N4O3. The standard InChI is InChI=1S/C14H24N4O3/c1-12-4-5-14(20-6-7-21-14)9-13(12,19)3-2-10(12)8-17-18-11(15)16/h8,10,19H,2-7,9H2,1H3,(H4,15,16,18)/b17-8+/t10?,12-,13+/m1/s1. The highest BCUT2D eigenvalue weighted by Crippen LogP contribution is 2.60. The number of nitrogens with zero attached hydrogens (tertiary/aromatic N) is 2. The van der Waals surface area contributed by atoms with E-state index in [0.29, 0.717) is 19.6 Å². The average Bonchev–Trinajstić information content (AvgIpc) is 2.95. The van der Waals surface area contributed by atoms with Gasteiger partial charge in [-0.25, -0.2) is 0 Å². The fourth-order valence-corrected chi connectivity index (χ4v) is 4.20. The van der Waals surface area contributed by atoms with Crippen LogP contribution in [0, 0.1) is 11.3 Å². The van der Waals surface area contributed by atoms with Crippen molar-refractivity contribution in [2.45, 2.75) is 50.4 Å². The Labute approximate surface area is 124 Å². The van der Waals surface area contributed by atoms with Gasteiger partial charge in [0.25, 0.3) is 0 Å². The maximum absolute atomic E-state index is 11.2. The van der Waals surface area contributed by atoms with Crippen LogP contribution >= 0.6 is 0 Å². The molecule has 0 amide bonds. The van der Waals surface area contributed by atoms with Crippen LogP contribution in [-0.2, 0) is 9.47 Å². The molecule has 0 radical (unpaired) electrons. The van der Waals surface area contributed by atoms with Gasteiger partial charge in [0.2, 0.25) is 5.96 Å². The van der Waals surface area contributed by atoms with Crippen molar-refractivity contribution in [1.82, 2.24) is 0 Å². The van der Waals surface area contributed by atoms with Crippen molar-refractivity contribution in [3.8, 4) is 0 Å². The van der Waals surface area contributed by atoms with Crippen molar-refractivity contribution in [3.63, 3.8) is 0 Å². The molecule has 2 saturated carbocycles. The van der Waals surface area contributed by atoms with Gasteiger partial charge >= 0.3 is 0 Å². The summed E-state index contributed by atoms with van der Waals surface area (Å²) in [5, 5.41) is 18.8. The van der Waals surface area contributed by atoms with E-state index in [1.807, 2.05) is 0 Å². The minimum absolute atomic E-state index is 0.0555. The second-order valence-electron chi connectivity index (χ2n) is 6.67. The van der Waals surface area contributed by atoms with E-state index in [9.17, 15) is 5.11 Å². The Kier molecular flexibility index (Phi) is 3.46. The minimum Gasteiger partial charge on any atom is -0.389 e. The van der Waals surface area contributed by atoms with Crippen molar-refractivity contribution < 1.29 is 14.6 Å². The summed E-state index contributed by atoms with van der Waals surface area (Å²) in [6, 6.07) is 0. The Morgan fingerprint density at radius 3 is 2.62 bits per heavy atom. The van der Waals surface area contributed by atoms with E-state index < -0.39 is 11.4 Å². The van der Waals surface area contributed by atoms with Crippen LogP contribution in [0.4, 0.5) is 0 Å². The molecule has 2 aliphatic carbocycles. The third-order valence-electron chi connectivity index (χ3n) is 5.57. The molecule has 1 heterocycles. The fourth-order valence-electron chi connectivity index (χ4n) is 4.20. The van der Waals surface area contributed by atoms with E-state index in [1.165, 1.54) is 0 Å². The molecule has 5 N–H and O–H groups in total. The quantitative estimate of drug-likeness (QED) is 0.385. The maximum atomic E-state index is 11.2. The summed E-state index contributed by atoms with van der Waals surface area (Å²) >= 11 is 0. The monoisotopic (exact) mass is 296 g/mol. The highest BCUT2D eigenvalue weighted by molar-refractivity contribution is 5.76. The zero-order chi connectivity index (χ0) is 15.1. The number of rotatable bonds is 2. The molecular weight excluding hydrogens is 272 g/mol. The lowest BCUT2D eigenvalue weighted by atomic mass is 9.61. The molecule has 7 heteroatoms. The van der Waals surface area contributed by atoms with Gasteiger partial charge in [-0.1, -0.05) is 6.92 Å². The number of ether oxygens (including phenoxy) is 2. The molecule has 1 aliphatic heterocycles. The molecule has 7 nitrogen and oxygen atoms in total. The van der Waals surface area contributed by atoms with Crippen LogP contribution in [0.1, 0.15) is 39.0 Å². The van der Waals surface area contributed by atoms with Gasteiger partial charge in [-0.15, -0.1) is 5.10 Å². The van der Waals surface area contributed by atoms with Crippen molar-refractivity contribution in [3.05, 3.63) is 0 Å². The third-order valence-corrected chi connectivity index (χ3v) is 5.57. The molecule has 3 aliphatic rings. The molecule has 0 aromatic rings. The van der Waals surface area contributed by atoms with E-state index >= 15 is 0 Å². The molecule has 3 rings (SSSR count). The summed E-state index contributed by atoms with van der Waals surface area (Å²) in [4.78, 5) is 0. The number of hydrogen-bond acceptors (Lipinski definition) is 5. The van der Waals surface area contributed by atoms with Crippen LogP contribution in [-0.4, -0.2) is 41.9 Å². The molecule has 0 aromatic carbocycles. The van der Waals surface area contributed by atoms with Crippen molar-refractivity contribution >= 4 is 12.2 Å². The molecule has 0 aromatic heterocycles. The van der Waals surface area contributed by atoms with Crippen LogP contribution in [0.15, 0.2) is 10.2 Å². The summed E-state index contributed by atoms with van der Waals surface area (Å²) in [7, 11) is 0. The number of nitrogens with two attached hydrogens (primary N) is 2. The van der Waals surface area contributed by atoms with E-state index in [2.05, 4.69) is 17.1 Å². The molecule has 0 bridgehead atoms. The summed E-state index contributed by atoms with van der Waals surface area (Å²) in [6.45, 7) is 3.35. The molecule has 3 fully saturated rings. The average molecular weight is 296 g/mol. The summed E-state index contributed by atoms with van der Waals surface area (Å²) in [6.07, 6.45) is 5.53. The molecule has 1 unspecified atom stereocenters. The molecule has 118 valence electrons. The lowest BCUT2D eigenvalue weighted by Crippen LogP contribution is -2.56. The van der Waals surface area contributed by atoms with Gasteiger partial charge < -0.3 is 26.0 Å². The van der Waals surface area contributed by atoms with Gasteiger partial charge in [0.05, 0.1) is 18.8 Å². The van der Waals surface area contributed by atoms with E-state index in [-0.39, 0.29) is 17.3 Å². The first-order valence-corrected chi connectivity index (χ1v) is 7.52. The first kappa shape index (κ1) is 14.7. The van der Waals surface area contributed by atoms with Crippen LogP contribution in [0.2, 0.25) is 0 Å². The predicted molar refractivity (Wildman–Crippen MR) is 78.6 cm³/mol. The lowest BCUT2D eigenvalue weighted by Gasteiger charge is -2.51. The summed E-state index contributed by atoms with van der Waals surface area (Å²) in [5.41, 5.74) is 9.53. The Morgan fingerprint density at radius 2 is 1.95 bits per heavy atom.